The van der Waals surface area contributed by atoms with Crippen LogP contribution in [-0.2, 0) is 5.75 Å². The van der Waals surface area contributed by atoms with Gasteiger partial charge in [0.15, 0.2) is 5.82 Å². The number of hydrogen-bond acceptors (Lipinski definition) is 5. The van der Waals surface area contributed by atoms with Crippen LogP contribution < -0.4 is 5.32 Å². The molecule has 1 aromatic rings. The molecular formula is C12H19N3OS. The summed E-state index contributed by atoms with van der Waals surface area (Å²) in [6.45, 7) is 3.27. The second-order valence-corrected chi connectivity index (χ2v) is 6.20. The molecule has 2 heterocycles. The number of nitrogens with one attached hydrogen (secondary N) is 1. The molecule has 1 N–H and O–H groups in total. The Bertz CT molecular complexity index is 382. The minimum Gasteiger partial charge on any atom is -0.338 e. The molecule has 3 unspecified atom stereocenters. The molecule has 1 aliphatic heterocycles. The van der Waals surface area contributed by atoms with E-state index < -0.39 is 0 Å². The van der Waals surface area contributed by atoms with Gasteiger partial charge in [0.05, 0.1) is 11.8 Å². The van der Waals surface area contributed by atoms with Gasteiger partial charge in [0.2, 0.25) is 5.89 Å². The van der Waals surface area contributed by atoms with Crippen LogP contribution in [0.4, 0.5) is 0 Å². The van der Waals surface area contributed by atoms with Crippen molar-refractivity contribution in [2.45, 2.75) is 38.0 Å². The SMILES string of the molecule is CCSCc1noc(C2NCC3CCCC32)n1. The van der Waals surface area contributed by atoms with E-state index in [-0.39, 0.29) is 0 Å². The van der Waals surface area contributed by atoms with Crippen molar-refractivity contribution in [3.63, 3.8) is 0 Å². The normalized spacial score (nSPS) is 31.9. The summed E-state index contributed by atoms with van der Waals surface area (Å²) in [6, 6.07) is 0.315. The fourth-order valence-electron chi connectivity index (χ4n) is 3.10. The Kier molecular flexibility index (Phi) is 3.38. The summed E-state index contributed by atoms with van der Waals surface area (Å²) in [5.41, 5.74) is 0. The number of aromatic nitrogens is 2. The molecule has 3 rings (SSSR count). The number of nitrogens with zero attached hydrogens (tertiary/aromatic N) is 2. The molecule has 0 bridgehead atoms. The van der Waals surface area contributed by atoms with Crippen LogP contribution in [0, 0.1) is 11.8 Å². The smallest absolute Gasteiger partial charge is 0.244 e. The van der Waals surface area contributed by atoms with Crippen molar-refractivity contribution in [3.8, 4) is 0 Å². The Hall–Kier alpha value is -0.550. The first-order valence-electron chi connectivity index (χ1n) is 6.52. The number of hydrogen-bond donors (Lipinski definition) is 1. The van der Waals surface area contributed by atoms with E-state index in [9.17, 15) is 0 Å². The number of fused-ring (bicyclic) bond motifs is 1. The molecule has 3 atom stereocenters. The Labute approximate surface area is 106 Å². The van der Waals surface area contributed by atoms with Crippen LogP contribution in [-0.4, -0.2) is 22.4 Å². The van der Waals surface area contributed by atoms with Crippen LogP contribution in [0.5, 0.6) is 0 Å². The quantitative estimate of drug-likeness (QED) is 0.893. The van der Waals surface area contributed by atoms with Crippen LogP contribution >= 0.6 is 11.8 Å². The van der Waals surface area contributed by atoms with Crippen molar-refractivity contribution < 1.29 is 4.52 Å². The molecular weight excluding hydrogens is 234 g/mol. The van der Waals surface area contributed by atoms with Gasteiger partial charge in [0.1, 0.15) is 0 Å². The van der Waals surface area contributed by atoms with Crippen LogP contribution in [0.3, 0.4) is 0 Å². The molecule has 0 radical (unpaired) electrons. The van der Waals surface area contributed by atoms with Gasteiger partial charge in [-0.3, -0.25) is 0 Å². The molecule has 0 amide bonds. The lowest BCUT2D eigenvalue weighted by molar-refractivity contribution is 0.301. The lowest BCUT2D eigenvalue weighted by Gasteiger charge is -2.13. The second kappa shape index (κ2) is 4.98. The summed E-state index contributed by atoms with van der Waals surface area (Å²) in [5.74, 6) is 5.17. The highest BCUT2D eigenvalue weighted by Gasteiger charge is 2.42. The number of rotatable bonds is 4. The van der Waals surface area contributed by atoms with E-state index in [0.29, 0.717) is 6.04 Å². The molecule has 17 heavy (non-hydrogen) atoms. The first kappa shape index (κ1) is 11.5. The summed E-state index contributed by atoms with van der Waals surface area (Å²) in [7, 11) is 0. The van der Waals surface area contributed by atoms with Gasteiger partial charge < -0.3 is 9.84 Å². The van der Waals surface area contributed by atoms with Crippen LogP contribution in [0.1, 0.15) is 43.9 Å². The Morgan fingerprint density at radius 3 is 3.29 bits per heavy atom. The standard InChI is InChI=1S/C12H19N3OS/c1-2-17-7-10-14-12(16-15-10)11-9-5-3-4-8(9)6-13-11/h8-9,11,13H,2-7H2,1H3. The molecule has 0 aromatic carbocycles. The molecule has 0 spiro atoms. The molecule has 1 saturated heterocycles. The predicted molar refractivity (Wildman–Crippen MR) is 67.7 cm³/mol. The van der Waals surface area contributed by atoms with Crippen molar-refractivity contribution >= 4 is 11.8 Å². The van der Waals surface area contributed by atoms with Crippen molar-refractivity contribution in [2.75, 3.05) is 12.3 Å². The summed E-state index contributed by atoms with van der Waals surface area (Å²) in [5, 5.41) is 7.61. The first-order chi connectivity index (χ1) is 8.38. The molecule has 94 valence electrons. The van der Waals surface area contributed by atoms with Gasteiger partial charge in [-0.2, -0.15) is 16.7 Å². The molecule has 2 fully saturated rings. The zero-order valence-electron chi connectivity index (χ0n) is 10.2. The van der Waals surface area contributed by atoms with Gasteiger partial charge in [-0.1, -0.05) is 18.5 Å². The highest BCUT2D eigenvalue weighted by Crippen LogP contribution is 2.43. The molecule has 4 nitrogen and oxygen atoms in total. The highest BCUT2D eigenvalue weighted by molar-refractivity contribution is 7.98. The predicted octanol–water partition coefficient (Wildman–Crippen LogP) is 2.38. The van der Waals surface area contributed by atoms with Crippen molar-refractivity contribution in [2.24, 2.45) is 11.8 Å². The van der Waals surface area contributed by atoms with Crippen LogP contribution in [0.2, 0.25) is 0 Å². The Balaban J connectivity index is 1.69. The average molecular weight is 253 g/mol. The van der Waals surface area contributed by atoms with E-state index in [1.165, 1.54) is 19.3 Å². The number of thioether (sulfide) groups is 1. The van der Waals surface area contributed by atoms with Crippen molar-refractivity contribution in [3.05, 3.63) is 11.7 Å². The largest absolute Gasteiger partial charge is 0.338 e. The van der Waals surface area contributed by atoms with E-state index in [0.717, 1.165) is 41.6 Å². The Morgan fingerprint density at radius 1 is 1.47 bits per heavy atom. The summed E-state index contributed by atoms with van der Waals surface area (Å²) in [6.07, 6.45) is 4.03. The zero-order valence-corrected chi connectivity index (χ0v) is 11.0. The van der Waals surface area contributed by atoms with E-state index in [4.69, 9.17) is 4.52 Å². The van der Waals surface area contributed by atoms with Gasteiger partial charge >= 0.3 is 0 Å². The second-order valence-electron chi connectivity index (χ2n) is 4.93. The lowest BCUT2D eigenvalue weighted by Crippen LogP contribution is -2.18. The van der Waals surface area contributed by atoms with E-state index in [1.54, 1.807) is 0 Å². The molecule has 1 saturated carbocycles. The van der Waals surface area contributed by atoms with Gasteiger partial charge in [0, 0.05) is 0 Å². The topological polar surface area (TPSA) is 51.0 Å². The fraction of sp³-hybridized carbons (Fsp3) is 0.833. The van der Waals surface area contributed by atoms with Crippen LogP contribution in [0.25, 0.3) is 0 Å². The van der Waals surface area contributed by atoms with E-state index in [2.05, 4.69) is 22.4 Å². The van der Waals surface area contributed by atoms with Gasteiger partial charge in [0.25, 0.3) is 0 Å². The molecule has 5 heteroatoms. The summed E-state index contributed by atoms with van der Waals surface area (Å²) in [4.78, 5) is 4.53. The maximum absolute atomic E-state index is 5.42. The summed E-state index contributed by atoms with van der Waals surface area (Å²) >= 11 is 1.83. The van der Waals surface area contributed by atoms with Crippen molar-refractivity contribution in [1.82, 2.24) is 15.5 Å². The maximum Gasteiger partial charge on any atom is 0.244 e. The van der Waals surface area contributed by atoms with Crippen LogP contribution in [0.15, 0.2) is 4.52 Å². The highest BCUT2D eigenvalue weighted by atomic mass is 32.2. The van der Waals surface area contributed by atoms with Gasteiger partial charge in [-0.15, -0.1) is 0 Å². The first-order valence-corrected chi connectivity index (χ1v) is 7.67. The monoisotopic (exact) mass is 253 g/mol. The third kappa shape index (κ3) is 2.22. The molecule has 2 aliphatic rings. The third-order valence-electron chi connectivity index (χ3n) is 3.93. The van der Waals surface area contributed by atoms with E-state index in [1.807, 2.05) is 11.8 Å². The van der Waals surface area contributed by atoms with Gasteiger partial charge in [-0.25, -0.2) is 0 Å². The van der Waals surface area contributed by atoms with Gasteiger partial charge in [-0.05, 0) is 37.0 Å². The molecule has 1 aromatic heterocycles. The average Bonchev–Trinajstić information content (AvgIpc) is 3.01. The zero-order chi connectivity index (χ0) is 11.7. The van der Waals surface area contributed by atoms with E-state index >= 15 is 0 Å². The van der Waals surface area contributed by atoms with Crippen molar-refractivity contribution in [1.29, 1.82) is 0 Å². The minimum atomic E-state index is 0.315. The lowest BCUT2D eigenvalue weighted by atomic mass is 9.94. The maximum atomic E-state index is 5.42. The minimum absolute atomic E-state index is 0.315. The fourth-order valence-corrected chi connectivity index (χ4v) is 3.61. The summed E-state index contributed by atoms with van der Waals surface area (Å²) < 4.78 is 5.42. The Morgan fingerprint density at radius 2 is 2.41 bits per heavy atom. The molecule has 1 aliphatic carbocycles. The third-order valence-corrected chi connectivity index (χ3v) is 4.80.